The molecule has 0 radical (unpaired) electrons. The van der Waals surface area contributed by atoms with Crippen LogP contribution in [0.3, 0.4) is 0 Å². The Morgan fingerprint density at radius 2 is 1.82 bits per heavy atom. The number of aliphatic hydroxyl groups excluding tert-OH is 1. The van der Waals surface area contributed by atoms with Crippen LogP contribution in [0.15, 0.2) is 0 Å². The standard InChI is InChI=1S/C11H17NO5/c13-6-5-12(7-1-2-7)10(14)8-3-4-9(17-8)11(15)16/h7-9,13H,1-6H2,(H,15,16)/t8-,9+/m0/s1. The van der Waals surface area contributed by atoms with Crippen LogP contribution >= 0.6 is 0 Å². The molecule has 1 amide bonds. The molecular formula is C11H17NO5. The van der Waals surface area contributed by atoms with E-state index in [4.69, 9.17) is 14.9 Å². The molecule has 1 heterocycles. The van der Waals surface area contributed by atoms with Gasteiger partial charge in [0.05, 0.1) is 6.61 Å². The van der Waals surface area contributed by atoms with Gasteiger partial charge in [0.25, 0.3) is 5.91 Å². The van der Waals surface area contributed by atoms with E-state index in [1.165, 1.54) is 0 Å². The highest BCUT2D eigenvalue weighted by atomic mass is 16.5. The van der Waals surface area contributed by atoms with Crippen LogP contribution in [0.4, 0.5) is 0 Å². The SMILES string of the molecule is O=C(O)[C@H]1CC[C@@H](C(=O)N(CCO)C2CC2)O1. The molecular weight excluding hydrogens is 226 g/mol. The van der Waals surface area contributed by atoms with Crippen LogP contribution in [0, 0.1) is 0 Å². The van der Waals surface area contributed by atoms with Crippen molar-refractivity contribution in [1.82, 2.24) is 4.90 Å². The van der Waals surface area contributed by atoms with Crippen LogP contribution in [0.5, 0.6) is 0 Å². The Labute approximate surface area is 99.2 Å². The molecule has 1 aliphatic heterocycles. The zero-order valence-electron chi connectivity index (χ0n) is 9.54. The normalized spacial score (nSPS) is 28.1. The molecule has 17 heavy (non-hydrogen) atoms. The largest absolute Gasteiger partial charge is 0.479 e. The third-order valence-electron chi connectivity index (χ3n) is 3.18. The maximum Gasteiger partial charge on any atom is 0.332 e. The Morgan fingerprint density at radius 1 is 1.18 bits per heavy atom. The number of ether oxygens (including phenoxy) is 1. The van der Waals surface area contributed by atoms with Crippen LogP contribution in [0.2, 0.25) is 0 Å². The van der Waals surface area contributed by atoms with E-state index in [1.807, 2.05) is 0 Å². The Bertz CT molecular complexity index is 315. The van der Waals surface area contributed by atoms with Gasteiger partial charge >= 0.3 is 5.97 Å². The van der Waals surface area contributed by atoms with E-state index < -0.39 is 18.2 Å². The molecule has 0 bridgehead atoms. The molecule has 0 unspecified atom stereocenters. The Morgan fingerprint density at radius 3 is 2.29 bits per heavy atom. The average molecular weight is 243 g/mol. The molecule has 2 N–H and O–H groups in total. The van der Waals surface area contributed by atoms with E-state index >= 15 is 0 Å². The number of carbonyl (C=O) groups excluding carboxylic acids is 1. The van der Waals surface area contributed by atoms with Crippen molar-refractivity contribution in [3.63, 3.8) is 0 Å². The molecule has 0 aromatic rings. The summed E-state index contributed by atoms with van der Waals surface area (Å²) >= 11 is 0. The monoisotopic (exact) mass is 243 g/mol. The van der Waals surface area contributed by atoms with Crippen molar-refractivity contribution < 1.29 is 24.5 Å². The molecule has 0 spiro atoms. The zero-order chi connectivity index (χ0) is 12.4. The van der Waals surface area contributed by atoms with Crippen molar-refractivity contribution in [2.24, 2.45) is 0 Å². The fourth-order valence-electron chi connectivity index (χ4n) is 2.15. The number of aliphatic carboxylic acids is 1. The first-order valence-corrected chi connectivity index (χ1v) is 5.93. The molecule has 6 heteroatoms. The third-order valence-corrected chi connectivity index (χ3v) is 3.18. The minimum Gasteiger partial charge on any atom is -0.479 e. The van der Waals surface area contributed by atoms with Gasteiger partial charge in [0, 0.05) is 12.6 Å². The first-order valence-electron chi connectivity index (χ1n) is 5.93. The van der Waals surface area contributed by atoms with Crippen LogP contribution in [0.1, 0.15) is 25.7 Å². The minimum absolute atomic E-state index is 0.0721. The smallest absolute Gasteiger partial charge is 0.332 e. The summed E-state index contributed by atoms with van der Waals surface area (Å²) in [5.41, 5.74) is 0. The summed E-state index contributed by atoms with van der Waals surface area (Å²) in [5, 5.41) is 17.7. The molecule has 0 aromatic heterocycles. The van der Waals surface area contributed by atoms with Gasteiger partial charge in [-0.3, -0.25) is 4.79 Å². The van der Waals surface area contributed by atoms with E-state index in [9.17, 15) is 9.59 Å². The van der Waals surface area contributed by atoms with Crippen LogP contribution in [-0.2, 0) is 14.3 Å². The highest BCUT2D eigenvalue weighted by Crippen LogP contribution is 2.30. The van der Waals surface area contributed by atoms with Crippen molar-refractivity contribution in [3.05, 3.63) is 0 Å². The van der Waals surface area contributed by atoms with Gasteiger partial charge in [-0.15, -0.1) is 0 Å². The Hall–Kier alpha value is -1.14. The first-order chi connectivity index (χ1) is 8.13. The molecule has 1 aliphatic carbocycles. The number of rotatable bonds is 5. The minimum atomic E-state index is -1.01. The lowest BCUT2D eigenvalue weighted by Crippen LogP contribution is -2.42. The van der Waals surface area contributed by atoms with E-state index in [2.05, 4.69) is 0 Å². The lowest BCUT2D eigenvalue weighted by molar-refractivity contribution is -0.155. The zero-order valence-corrected chi connectivity index (χ0v) is 9.54. The number of carboxylic acid groups (broad SMARTS) is 1. The van der Waals surface area contributed by atoms with Crippen LogP contribution in [0.25, 0.3) is 0 Å². The number of carboxylic acids is 1. The van der Waals surface area contributed by atoms with Crippen molar-refractivity contribution >= 4 is 11.9 Å². The predicted octanol–water partition coefficient (Wildman–Crippen LogP) is -0.398. The van der Waals surface area contributed by atoms with Gasteiger partial charge in [-0.05, 0) is 25.7 Å². The van der Waals surface area contributed by atoms with Crippen LogP contribution in [-0.4, -0.2) is 58.4 Å². The molecule has 6 nitrogen and oxygen atoms in total. The number of carbonyl (C=O) groups is 2. The lowest BCUT2D eigenvalue weighted by atomic mass is 10.2. The fourth-order valence-corrected chi connectivity index (χ4v) is 2.15. The Kier molecular flexibility index (Phi) is 3.63. The van der Waals surface area contributed by atoms with E-state index in [0.29, 0.717) is 19.4 Å². The van der Waals surface area contributed by atoms with Crippen LogP contribution < -0.4 is 0 Å². The van der Waals surface area contributed by atoms with Crippen molar-refractivity contribution in [2.45, 2.75) is 43.9 Å². The average Bonchev–Trinajstić information content (AvgIpc) is 3.00. The van der Waals surface area contributed by atoms with Gasteiger partial charge in [0.1, 0.15) is 6.10 Å². The quantitative estimate of drug-likeness (QED) is 0.686. The molecule has 2 aliphatic rings. The van der Waals surface area contributed by atoms with Crippen molar-refractivity contribution in [1.29, 1.82) is 0 Å². The third kappa shape index (κ3) is 2.76. The second-order valence-corrected chi connectivity index (χ2v) is 4.52. The van der Waals surface area contributed by atoms with E-state index in [0.717, 1.165) is 12.8 Å². The van der Waals surface area contributed by atoms with Crippen molar-refractivity contribution in [3.8, 4) is 0 Å². The Balaban J connectivity index is 1.92. The molecule has 96 valence electrons. The number of hydrogen-bond donors (Lipinski definition) is 2. The number of nitrogens with zero attached hydrogens (tertiary/aromatic N) is 1. The molecule has 1 saturated heterocycles. The van der Waals surface area contributed by atoms with E-state index in [-0.39, 0.29) is 18.6 Å². The molecule has 2 fully saturated rings. The summed E-state index contributed by atoms with van der Waals surface area (Å²) < 4.78 is 5.22. The van der Waals surface area contributed by atoms with Crippen molar-refractivity contribution in [2.75, 3.05) is 13.2 Å². The molecule has 1 saturated carbocycles. The summed E-state index contributed by atoms with van der Waals surface area (Å²) in [4.78, 5) is 24.4. The maximum atomic E-state index is 12.1. The molecule has 2 rings (SSSR count). The van der Waals surface area contributed by atoms with Gasteiger partial charge < -0.3 is 19.8 Å². The highest BCUT2D eigenvalue weighted by molar-refractivity contribution is 5.83. The molecule has 0 aromatic carbocycles. The van der Waals surface area contributed by atoms with Gasteiger partial charge in [-0.1, -0.05) is 0 Å². The second kappa shape index (κ2) is 5.01. The first kappa shape index (κ1) is 12.3. The van der Waals surface area contributed by atoms with Gasteiger partial charge in [-0.25, -0.2) is 4.79 Å². The lowest BCUT2D eigenvalue weighted by Gasteiger charge is -2.24. The van der Waals surface area contributed by atoms with Gasteiger partial charge in [0.2, 0.25) is 0 Å². The summed E-state index contributed by atoms with van der Waals surface area (Å²) in [7, 11) is 0. The highest BCUT2D eigenvalue weighted by Gasteiger charge is 2.40. The number of amides is 1. The predicted molar refractivity (Wildman–Crippen MR) is 57.4 cm³/mol. The maximum absolute atomic E-state index is 12.1. The fraction of sp³-hybridized carbons (Fsp3) is 0.818. The van der Waals surface area contributed by atoms with E-state index in [1.54, 1.807) is 4.90 Å². The summed E-state index contributed by atoms with van der Waals surface area (Å²) in [6, 6.07) is 0.210. The molecule has 2 atom stereocenters. The number of hydrogen-bond acceptors (Lipinski definition) is 4. The second-order valence-electron chi connectivity index (χ2n) is 4.52. The topological polar surface area (TPSA) is 87.1 Å². The summed E-state index contributed by atoms with van der Waals surface area (Å²) in [5.74, 6) is -1.19. The van der Waals surface area contributed by atoms with Gasteiger partial charge in [-0.2, -0.15) is 0 Å². The summed E-state index contributed by atoms with van der Waals surface area (Å²) in [6.07, 6.45) is 1.23. The number of aliphatic hydroxyl groups is 1. The van der Waals surface area contributed by atoms with Gasteiger partial charge in [0.15, 0.2) is 6.10 Å². The summed E-state index contributed by atoms with van der Waals surface area (Å²) in [6.45, 7) is 0.235.